The first-order chi connectivity index (χ1) is 12.1. The van der Waals surface area contributed by atoms with Crippen molar-refractivity contribution in [2.45, 2.75) is 25.7 Å². The van der Waals surface area contributed by atoms with E-state index in [1.54, 1.807) is 36.4 Å². The van der Waals surface area contributed by atoms with Crippen LogP contribution in [0.2, 0.25) is 0 Å². The fraction of sp³-hybridized carbons (Fsp3) is 0.300. The molecule has 0 fully saturated rings. The molecule has 0 heterocycles. The Morgan fingerprint density at radius 2 is 1.64 bits per heavy atom. The highest BCUT2D eigenvalue weighted by Crippen LogP contribution is 2.11. The van der Waals surface area contributed by atoms with Gasteiger partial charge in [-0.05, 0) is 37.1 Å². The number of hydrogen-bond acceptors (Lipinski definition) is 3. The molecule has 0 saturated carbocycles. The van der Waals surface area contributed by atoms with Crippen LogP contribution in [0.3, 0.4) is 0 Å². The van der Waals surface area contributed by atoms with Crippen molar-refractivity contribution in [2.24, 2.45) is 0 Å². The van der Waals surface area contributed by atoms with Gasteiger partial charge in [0, 0.05) is 24.9 Å². The van der Waals surface area contributed by atoms with Crippen LogP contribution in [0.25, 0.3) is 0 Å². The van der Waals surface area contributed by atoms with Crippen LogP contribution in [-0.2, 0) is 4.79 Å². The molecule has 0 spiro atoms. The summed E-state index contributed by atoms with van der Waals surface area (Å²) >= 11 is 0. The normalized spacial score (nSPS) is 10.3. The molecule has 0 aliphatic rings. The molecule has 0 radical (unpaired) electrons. The van der Waals surface area contributed by atoms with E-state index in [-0.39, 0.29) is 30.3 Å². The van der Waals surface area contributed by atoms with Crippen molar-refractivity contribution in [3.05, 3.63) is 66.0 Å². The molecule has 4 nitrogen and oxygen atoms in total. The minimum atomic E-state index is -0.291. The number of carbonyl (C=O) groups is 2. The number of amides is 1. The fourth-order valence-electron chi connectivity index (χ4n) is 2.26. The maximum Gasteiger partial charge on any atom is 0.220 e. The Bertz CT molecular complexity index is 671. The number of hydrogen-bond donors (Lipinski definition) is 1. The lowest BCUT2D eigenvalue weighted by Crippen LogP contribution is -2.25. The second-order valence-electron chi connectivity index (χ2n) is 5.65. The van der Waals surface area contributed by atoms with Crippen LogP contribution < -0.4 is 10.1 Å². The molecule has 0 bridgehead atoms. The first kappa shape index (κ1) is 18.6. The monoisotopic (exact) mass is 343 g/mol. The standard InChI is InChI=1S/C20H22FNO3/c21-17-8-10-18(11-9-17)25-15-5-4-14-22-20(24)13-12-19(23)16-6-2-1-3-7-16/h1-3,6-11H,4-5,12-15H2,(H,22,24). The molecule has 1 amide bonds. The number of ether oxygens (including phenoxy) is 1. The first-order valence-electron chi connectivity index (χ1n) is 8.38. The van der Waals surface area contributed by atoms with Gasteiger partial charge in [-0.15, -0.1) is 0 Å². The largest absolute Gasteiger partial charge is 0.494 e. The Kier molecular flexibility index (Phi) is 7.63. The van der Waals surface area contributed by atoms with E-state index in [1.807, 2.05) is 6.07 Å². The molecule has 2 aromatic carbocycles. The summed E-state index contributed by atoms with van der Waals surface area (Å²) < 4.78 is 18.2. The van der Waals surface area contributed by atoms with Crippen molar-refractivity contribution in [3.8, 4) is 5.75 Å². The van der Waals surface area contributed by atoms with Crippen molar-refractivity contribution in [1.82, 2.24) is 5.32 Å². The number of rotatable bonds is 10. The molecule has 0 aromatic heterocycles. The number of nitrogens with one attached hydrogen (secondary N) is 1. The molecular weight excluding hydrogens is 321 g/mol. The van der Waals surface area contributed by atoms with Crippen LogP contribution >= 0.6 is 0 Å². The van der Waals surface area contributed by atoms with E-state index in [0.717, 1.165) is 12.8 Å². The summed E-state index contributed by atoms with van der Waals surface area (Å²) in [6, 6.07) is 14.8. The van der Waals surface area contributed by atoms with E-state index in [9.17, 15) is 14.0 Å². The molecular formula is C20H22FNO3. The lowest BCUT2D eigenvalue weighted by atomic mass is 10.1. The Morgan fingerprint density at radius 1 is 0.920 bits per heavy atom. The summed E-state index contributed by atoms with van der Waals surface area (Å²) in [5, 5.41) is 2.80. The van der Waals surface area contributed by atoms with Crippen molar-refractivity contribution < 1.29 is 18.7 Å². The summed E-state index contributed by atoms with van der Waals surface area (Å²) in [4.78, 5) is 23.6. The summed E-state index contributed by atoms with van der Waals surface area (Å²) in [5.41, 5.74) is 0.633. The Balaban J connectivity index is 1.52. The molecule has 0 saturated heterocycles. The minimum Gasteiger partial charge on any atom is -0.494 e. The first-order valence-corrected chi connectivity index (χ1v) is 8.38. The van der Waals surface area contributed by atoms with Crippen molar-refractivity contribution in [1.29, 1.82) is 0 Å². The number of ketones is 1. The quantitative estimate of drug-likeness (QED) is 0.528. The molecule has 2 rings (SSSR count). The van der Waals surface area contributed by atoms with Crippen molar-refractivity contribution in [3.63, 3.8) is 0 Å². The van der Waals surface area contributed by atoms with Gasteiger partial charge in [0.15, 0.2) is 5.78 Å². The second kappa shape index (κ2) is 10.2. The molecule has 0 aliphatic carbocycles. The third kappa shape index (κ3) is 7.16. The summed E-state index contributed by atoms with van der Waals surface area (Å²) in [7, 11) is 0. The zero-order valence-electron chi connectivity index (χ0n) is 14.0. The fourth-order valence-corrected chi connectivity index (χ4v) is 2.26. The van der Waals surface area contributed by atoms with Gasteiger partial charge in [0.1, 0.15) is 11.6 Å². The number of unbranched alkanes of at least 4 members (excludes halogenated alkanes) is 1. The Hall–Kier alpha value is -2.69. The second-order valence-corrected chi connectivity index (χ2v) is 5.65. The number of Topliss-reactive ketones (excluding diaryl/α,β-unsaturated/α-hetero) is 1. The zero-order valence-corrected chi connectivity index (χ0v) is 14.0. The van der Waals surface area contributed by atoms with Gasteiger partial charge in [0.25, 0.3) is 0 Å². The van der Waals surface area contributed by atoms with Crippen molar-refractivity contribution >= 4 is 11.7 Å². The van der Waals surface area contributed by atoms with Gasteiger partial charge in [-0.3, -0.25) is 9.59 Å². The van der Waals surface area contributed by atoms with Crippen LogP contribution in [0.5, 0.6) is 5.75 Å². The number of benzene rings is 2. The molecule has 1 N–H and O–H groups in total. The van der Waals surface area contributed by atoms with Gasteiger partial charge in [0.05, 0.1) is 6.61 Å². The molecule has 0 unspecified atom stereocenters. The van der Waals surface area contributed by atoms with Gasteiger partial charge in [-0.1, -0.05) is 30.3 Å². The minimum absolute atomic E-state index is 0.0246. The molecule has 25 heavy (non-hydrogen) atoms. The predicted octanol–water partition coefficient (Wildman–Crippen LogP) is 3.76. The predicted molar refractivity (Wildman–Crippen MR) is 94.1 cm³/mol. The van der Waals surface area contributed by atoms with Gasteiger partial charge in [0.2, 0.25) is 5.91 Å². The molecule has 132 valence electrons. The Morgan fingerprint density at radius 3 is 2.36 bits per heavy atom. The number of carbonyl (C=O) groups excluding carboxylic acids is 2. The Labute approximate surface area is 147 Å². The zero-order chi connectivity index (χ0) is 17.9. The molecule has 2 aromatic rings. The maximum absolute atomic E-state index is 12.7. The van der Waals surface area contributed by atoms with E-state index in [4.69, 9.17) is 4.74 Å². The number of halogens is 1. The molecule has 0 aliphatic heterocycles. The van der Waals surface area contributed by atoms with Gasteiger partial charge >= 0.3 is 0 Å². The van der Waals surface area contributed by atoms with E-state index < -0.39 is 0 Å². The van der Waals surface area contributed by atoms with Gasteiger partial charge in [-0.25, -0.2) is 4.39 Å². The van der Waals surface area contributed by atoms with Gasteiger partial charge < -0.3 is 10.1 Å². The van der Waals surface area contributed by atoms with Gasteiger partial charge in [-0.2, -0.15) is 0 Å². The molecule has 0 atom stereocenters. The van der Waals surface area contributed by atoms with E-state index >= 15 is 0 Å². The van der Waals surface area contributed by atoms with E-state index in [0.29, 0.717) is 24.5 Å². The maximum atomic E-state index is 12.7. The molecule has 5 heteroatoms. The van der Waals surface area contributed by atoms with E-state index in [2.05, 4.69) is 5.32 Å². The third-order valence-corrected chi connectivity index (χ3v) is 3.65. The highest BCUT2D eigenvalue weighted by molar-refractivity contribution is 5.97. The van der Waals surface area contributed by atoms with Crippen LogP contribution in [0.4, 0.5) is 4.39 Å². The lowest BCUT2D eigenvalue weighted by Gasteiger charge is -2.07. The van der Waals surface area contributed by atoms with E-state index in [1.165, 1.54) is 12.1 Å². The topological polar surface area (TPSA) is 55.4 Å². The third-order valence-electron chi connectivity index (χ3n) is 3.65. The van der Waals surface area contributed by atoms with Crippen molar-refractivity contribution in [2.75, 3.05) is 13.2 Å². The average molecular weight is 343 g/mol. The lowest BCUT2D eigenvalue weighted by molar-refractivity contribution is -0.121. The summed E-state index contributed by atoms with van der Waals surface area (Å²) in [6.45, 7) is 1.05. The average Bonchev–Trinajstić information content (AvgIpc) is 2.64. The SMILES string of the molecule is O=C(CCC(=O)c1ccccc1)NCCCCOc1ccc(F)cc1. The van der Waals surface area contributed by atoms with Crippen LogP contribution in [0.1, 0.15) is 36.0 Å². The van der Waals surface area contributed by atoms with Crippen LogP contribution in [0, 0.1) is 5.82 Å². The highest BCUT2D eigenvalue weighted by Gasteiger charge is 2.08. The van der Waals surface area contributed by atoms with Crippen LogP contribution in [0.15, 0.2) is 54.6 Å². The summed E-state index contributed by atoms with van der Waals surface area (Å²) in [5.74, 6) is 0.192. The van der Waals surface area contributed by atoms with Crippen LogP contribution in [-0.4, -0.2) is 24.8 Å². The highest BCUT2D eigenvalue weighted by atomic mass is 19.1. The smallest absolute Gasteiger partial charge is 0.220 e. The summed E-state index contributed by atoms with van der Waals surface area (Å²) in [6.07, 6.45) is 1.96.